The molecule has 1 saturated heterocycles. The van der Waals surface area contributed by atoms with Gasteiger partial charge >= 0.3 is 0 Å². The highest BCUT2D eigenvalue weighted by Gasteiger charge is 2.34. The van der Waals surface area contributed by atoms with E-state index in [0.717, 1.165) is 53.5 Å². The molecule has 1 atom stereocenters. The third-order valence-corrected chi connectivity index (χ3v) is 5.22. The van der Waals surface area contributed by atoms with Gasteiger partial charge in [-0.1, -0.05) is 0 Å². The smallest absolute Gasteiger partial charge is 0.231 e. The molecule has 2 aliphatic rings. The van der Waals surface area contributed by atoms with Gasteiger partial charge in [-0.2, -0.15) is 0 Å². The Hall–Kier alpha value is -1.51. The van der Waals surface area contributed by atoms with Gasteiger partial charge in [0.1, 0.15) is 0 Å². The lowest BCUT2D eigenvalue weighted by atomic mass is 9.84. The second kappa shape index (κ2) is 8.25. The van der Waals surface area contributed by atoms with Crippen LogP contribution >= 0.6 is 15.9 Å². The molecule has 1 unspecified atom stereocenters. The van der Waals surface area contributed by atoms with Crippen LogP contribution in [0, 0.1) is 5.41 Å². The number of halogens is 1. The second-order valence-corrected chi connectivity index (χ2v) is 7.22. The van der Waals surface area contributed by atoms with Crippen molar-refractivity contribution in [2.45, 2.75) is 19.4 Å². The standard InChI is InChI=1S/C17H24BrN3O4/c1-19-16(21-9-17(2-4-22)3-5-23-10-17)20-8-12-6-13(18)15-14(7-12)24-11-25-15/h6-7,22H,2-5,8-11H2,1H3,(H2,19,20,21). The predicted octanol–water partition coefficient (Wildman–Crippen LogP) is 1.63. The summed E-state index contributed by atoms with van der Waals surface area (Å²) in [6, 6.07) is 3.97. The monoisotopic (exact) mass is 413 g/mol. The number of nitrogens with one attached hydrogen (secondary N) is 2. The molecule has 1 aromatic rings. The molecule has 0 aromatic heterocycles. The Morgan fingerprint density at radius 2 is 2.24 bits per heavy atom. The van der Waals surface area contributed by atoms with Gasteiger partial charge in [-0.15, -0.1) is 0 Å². The molecule has 7 nitrogen and oxygen atoms in total. The molecule has 3 N–H and O–H groups in total. The number of aliphatic imine (C=N–C) groups is 1. The Morgan fingerprint density at radius 3 is 2.96 bits per heavy atom. The summed E-state index contributed by atoms with van der Waals surface area (Å²) in [5, 5.41) is 16.0. The molecule has 1 aromatic carbocycles. The molecule has 2 heterocycles. The molecular formula is C17H24BrN3O4. The Balaban J connectivity index is 1.55. The molecular weight excluding hydrogens is 390 g/mol. The Labute approximate surface area is 155 Å². The van der Waals surface area contributed by atoms with Gasteiger partial charge in [-0.25, -0.2) is 0 Å². The number of aliphatic hydroxyl groups is 1. The Kier molecular flexibility index (Phi) is 6.03. The van der Waals surface area contributed by atoms with Crippen molar-refractivity contribution in [2.24, 2.45) is 10.4 Å². The Morgan fingerprint density at radius 1 is 1.36 bits per heavy atom. The van der Waals surface area contributed by atoms with Gasteiger partial charge in [0.15, 0.2) is 17.5 Å². The molecule has 8 heteroatoms. The number of nitrogens with zero attached hydrogens (tertiary/aromatic N) is 1. The van der Waals surface area contributed by atoms with Gasteiger partial charge in [0.25, 0.3) is 0 Å². The summed E-state index contributed by atoms with van der Waals surface area (Å²) >= 11 is 3.51. The fourth-order valence-corrected chi connectivity index (χ4v) is 3.72. The van der Waals surface area contributed by atoms with Crippen LogP contribution in [0.4, 0.5) is 0 Å². The number of aliphatic hydroxyl groups excluding tert-OH is 1. The zero-order valence-corrected chi connectivity index (χ0v) is 15.9. The van der Waals surface area contributed by atoms with E-state index in [4.69, 9.17) is 14.2 Å². The first-order valence-electron chi connectivity index (χ1n) is 8.37. The first-order chi connectivity index (χ1) is 12.2. The second-order valence-electron chi connectivity index (χ2n) is 6.37. The largest absolute Gasteiger partial charge is 0.454 e. The summed E-state index contributed by atoms with van der Waals surface area (Å²) < 4.78 is 17.3. The van der Waals surface area contributed by atoms with Crippen molar-refractivity contribution in [1.29, 1.82) is 0 Å². The van der Waals surface area contributed by atoms with Crippen molar-refractivity contribution in [2.75, 3.05) is 40.2 Å². The lowest BCUT2D eigenvalue weighted by Gasteiger charge is -2.27. The number of hydrogen-bond donors (Lipinski definition) is 3. The van der Waals surface area contributed by atoms with E-state index in [0.29, 0.717) is 13.2 Å². The zero-order valence-electron chi connectivity index (χ0n) is 14.3. The summed E-state index contributed by atoms with van der Waals surface area (Å²) in [4.78, 5) is 4.27. The molecule has 0 saturated carbocycles. The number of ether oxygens (including phenoxy) is 3. The third-order valence-electron chi connectivity index (χ3n) is 4.63. The number of hydrogen-bond acceptors (Lipinski definition) is 5. The minimum absolute atomic E-state index is 0.0197. The molecule has 1 fully saturated rings. The topological polar surface area (TPSA) is 84.3 Å². The van der Waals surface area contributed by atoms with E-state index in [1.54, 1.807) is 7.05 Å². The summed E-state index contributed by atoms with van der Waals surface area (Å²) in [5.41, 5.74) is 1.04. The van der Waals surface area contributed by atoms with Crippen molar-refractivity contribution in [3.05, 3.63) is 22.2 Å². The van der Waals surface area contributed by atoms with Crippen LogP contribution < -0.4 is 20.1 Å². The van der Waals surface area contributed by atoms with Crippen molar-refractivity contribution < 1.29 is 19.3 Å². The van der Waals surface area contributed by atoms with E-state index in [1.165, 1.54) is 0 Å². The van der Waals surface area contributed by atoms with Gasteiger partial charge < -0.3 is 30.0 Å². The SMILES string of the molecule is CN=C(NCc1cc(Br)c2c(c1)OCO2)NCC1(CCO)CCOC1. The summed E-state index contributed by atoms with van der Waals surface area (Å²) in [7, 11) is 1.74. The fourth-order valence-electron chi connectivity index (χ4n) is 3.11. The van der Waals surface area contributed by atoms with E-state index < -0.39 is 0 Å². The maximum atomic E-state index is 9.31. The van der Waals surface area contributed by atoms with Crippen LogP contribution in [0.2, 0.25) is 0 Å². The van der Waals surface area contributed by atoms with E-state index in [2.05, 4.69) is 31.6 Å². The summed E-state index contributed by atoms with van der Waals surface area (Å²) in [6.07, 6.45) is 1.68. The lowest BCUT2D eigenvalue weighted by Crippen LogP contribution is -2.44. The molecule has 2 aliphatic heterocycles. The minimum Gasteiger partial charge on any atom is -0.454 e. The van der Waals surface area contributed by atoms with Gasteiger partial charge in [-0.05, 0) is 46.5 Å². The van der Waals surface area contributed by atoms with E-state index >= 15 is 0 Å². The Bertz CT molecular complexity index is 633. The molecule has 0 amide bonds. The first kappa shape index (κ1) is 18.3. The van der Waals surface area contributed by atoms with Crippen LogP contribution in [0.1, 0.15) is 18.4 Å². The fraction of sp³-hybridized carbons (Fsp3) is 0.588. The molecule has 0 radical (unpaired) electrons. The highest BCUT2D eigenvalue weighted by molar-refractivity contribution is 9.10. The van der Waals surface area contributed by atoms with Crippen molar-refractivity contribution in [1.82, 2.24) is 10.6 Å². The van der Waals surface area contributed by atoms with E-state index in [-0.39, 0.29) is 18.8 Å². The normalized spacial score (nSPS) is 22.3. The van der Waals surface area contributed by atoms with Gasteiger partial charge in [0.05, 0.1) is 11.1 Å². The predicted molar refractivity (Wildman–Crippen MR) is 98.0 cm³/mol. The minimum atomic E-state index is -0.0197. The average molecular weight is 414 g/mol. The van der Waals surface area contributed by atoms with Crippen LogP contribution in [0.25, 0.3) is 0 Å². The van der Waals surface area contributed by atoms with Gasteiger partial charge in [0, 0.05) is 38.8 Å². The molecule has 138 valence electrons. The van der Waals surface area contributed by atoms with Gasteiger partial charge in [-0.3, -0.25) is 4.99 Å². The average Bonchev–Trinajstić information content (AvgIpc) is 3.25. The highest BCUT2D eigenvalue weighted by Crippen LogP contribution is 2.39. The van der Waals surface area contributed by atoms with E-state index in [1.807, 2.05) is 12.1 Å². The summed E-state index contributed by atoms with van der Waals surface area (Å²) in [5.74, 6) is 2.22. The van der Waals surface area contributed by atoms with Crippen molar-refractivity contribution >= 4 is 21.9 Å². The lowest BCUT2D eigenvalue weighted by molar-refractivity contribution is 0.127. The van der Waals surface area contributed by atoms with E-state index in [9.17, 15) is 5.11 Å². The molecule has 0 spiro atoms. The van der Waals surface area contributed by atoms with Crippen molar-refractivity contribution in [3.8, 4) is 11.5 Å². The number of guanidine groups is 1. The number of rotatable bonds is 6. The maximum Gasteiger partial charge on any atom is 0.231 e. The number of fused-ring (bicyclic) bond motifs is 1. The van der Waals surface area contributed by atoms with Crippen LogP contribution in [0.3, 0.4) is 0 Å². The highest BCUT2D eigenvalue weighted by atomic mass is 79.9. The maximum absolute atomic E-state index is 9.31. The van der Waals surface area contributed by atoms with Crippen LogP contribution in [0.5, 0.6) is 11.5 Å². The van der Waals surface area contributed by atoms with Gasteiger partial charge in [0.2, 0.25) is 6.79 Å². The number of benzene rings is 1. The zero-order chi connectivity index (χ0) is 17.7. The van der Waals surface area contributed by atoms with Crippen LogP contribution in [0.15, 0.2) is 21.6 Å². The molecule has 25 heavy (non-hydrogen) atoms. The molecule has 0 bridgehead atoms. The molecule has 0 aliphatic carbocycles. The first-order valence-corrected chi connectivity index (χ1v) is 9.16. The van der Waals surface area contributed by atoms with Crippen LogP contribution in [-0.2, 0) is 11.3 Å². The van der Waals surface area contributed by atoms with Crippen LogP contribution in [-0.4, -0.2) is 51.3 Å². The molecule has 3 rings (SSSR count). The summed E-state index contributed by atoms with van der Waals surface area (Å²) in [6.45, 7) is 3.17. The third kappa shape index (κ3) is 4.37. The quantitative estimate of drug-likeness (QED) is 0.485. The van der Waals surface area contributed by atoms with Crippen molar-refractivity contribution in [3.63, 3.8) is 0 Å².